The second-order valence-corrected chi connectivity index (χ2v) is 8.04. The van der Waals surface area contributed by atoms with E-state index in [1.54, 1.807) is 45.0 Å². The number of aliphatic carboxylic acids is 1. The molecule has 10 heteroatoms. The standard InChI is InChI=1S/C20H24N2O7S/c1-4-21-18(23)11-28-16-7-5-6-15(10-16)22-30(26,27)17-9-8-13(2)20(14(17)3)29-12-19(24)25/h5-10,22H,4,11-12H2,1-3H3,(H,21,23)(H,24,25). The average molecular weight is 436 g/mol. The lowest BCUT2D eigenvalue weighted by molar-refractivity contribution is -0.139. The molecule has 30 heavy (non-hydrogen) atoms. The number of rotatable bonds is 10. The first-order valence-corrected chi connectivity index (χ1v) is 10.6. The Morgan fingerprint density at radius 3 is 2.47 bits per heavy atom. The molecule has 0 aliphatic carbocycles. The Kier molecular flexibility index (Phi) is 7.65. The lowest BCUT2D eigenvalue weighted by Gasteiger charge is -2.16. The molecule has 0 aliphatic rings. The molecule has 2 aromatic rings. The molecule has 0 aliphatic heterocycles. The zero-order chi connectivity index (χ0) is 22.3. The van der Waals surface area contributed by atoms with Crippen LogP contribution in [0.2, 0.25) is 0 Å². The van der Waals surface area contributed by atoms with Crippen molar-refractivity contribution in [3.05, 3.63) is 47.5 Å². The van der Waals surface area contributed by atoms with E-state index in [2.05, 4.69) is 10.0 Å². The summed E-state index contributed by atoms with van der Waals surface area (Å²) in [6, 6.07) is 9.17. The molecule has 9 nitrogen and oxygen atoms in total. The number of amides is 1. The van der Waals surface area contributed by atoms with Crippen LogP contribution in [0.15, 0.2) is 41.3 Å². The lowest BCUT2D eigenvalue weighted by Crippen LogP contribution is -2.28. The highest BCUT2D eigenvalue weighted by molar-refractivity contribution is 7.92. The van der Waals surface area contributed by atoms with Gasteiger partial charge in [-0.15, -0.1) is 0 Å². The minimum atomic E-state index is -3.99. The fraction of sp³-hybridized carbons (Fsp3) is 0.300. The topological polar surface area (TPSA) is 131 Å². The molecule has 2 aromatic carbocycles. The summed E-state index contributed by atoms with van der Waals surface area (Å²) in [5.74, 6) is -0.913. The van der Waals surface area contributed by atoms with Crippen molar-refractivity contribution in [1.82, 2.24) is 5.32 Å². The Balaban J connectivity index is 2.23. The van der Waals surface area contributed by atoms with E-state index >= 15 is 0 Å². The van der Waals surface area contributed by atoms with Crippen LogP contribution in [0.1, 0.15) is 18.1 Å². The molecule has 2 rings (SSSR count). The molecule has 0 spiro atoms. The van der Waals surface area contributed by atoms with Crippen LogP contribution in [0.5, 0.6) is 11.5 Å². The second-order valence-electron chi connectivity index (χ2n) is 6.39. The predicted molar refractivity (Wildman–Crippen MR) is 110 cm³/mol. The minimum absolute atomic E-state index is 0.0397. The summed E-state index contributed by atoms with van der Waals surface area (Å²) in [4.78, 5) is 22.3. The highest BCUT2D eigenvalue weighted by Crippen LogP contribution is 2.30. The van der Waals surface area contributed by atoms with Gasteiger partial charge in [0, 0.05) is 18.2 Å². The Morgan fingerprint density at radius 2 is 1.80 bits per heavy atom. The van der Waals surface area contributed by atoms with Crippen LogP contribution in [0.3, 0.4) is 0 Å². The summed E-state index contributed by atoms with van der Waals surface area (Å²) in [7, 11) is -3.99. The predicted octanol–water partition coefficient (Wildman–Crippen LogP) is 2.08. The number of hydrogen-bond donors (Lipinski definition) is 3. The van der Waals surface area contributed by atoms with Gasteiger partial charge in [0.15, 0.2) is 13.2 Å². The van der Waals surface area contributed by atoms with Gasteiger partial charge in [-0.05, 0) is 44.5 Å². The number of carbonyl (C=O) groups is 2. The van der Waals surface area contributed by atoms with Gasteiger partial charge in [-0.25, -0.2) is 13.2 Å². The van der Waals surface area contributed by atoms with Crippen molar-refractivity contribution in [2.45, 2.75) is 25.7 Å². The van der Waals surface area contributed by atoms with Gasteiger partial charge < -0.3 is 19.9 Å². The molecule has 0 heterocycles. The normalized spacial score (nSPS) is 10.9. The summed E-state index contributed by atoms with van der Waals surface area (Å²) in [5, 5.41) is 11.4. The molecule has 0 radical (unpaired) electrons. The van der Waals surface area contributed by atoms with Crippen molar-refractivity contribution < 1.29 is 32.6 Å². The molecule has 0 unspecified atom stereocenters. The number of ether oxygens (including phenoxy) is 2. The number of benzene rings is 2. The quantitative estimate of drug-likeness (QED) is 0.520. The number of carboxylic acid groups (broad SMARTS) is 1. The molecule has 0 atom stereocenters. The number of carboxylic acids is 1. The van der Waals surface area contributed by atoms with Gasteiger partial charge in [0.1, 0.15) is 11.5 Å². The number of hydrogen-bond acceptors (Lipinski definition) is 6. The van der Waals surface area contributed by atoms with Gasteiger partial charge in [0.05, 0.1) is 10.6 Å². The molecular formula is C20H24N2O7S. The number of aryl methyl sites for hydroxylation is 1. The molecule has 0 saturated carbocycles. The number of nitrogens with one attached hydrogen (secondary N) is 2. The smallest absolute Gasteiger partial charge is 0.341 e. The third-order valence-corrected chi connectivity index (χ3v) is 5.54. The monoisotopic (exact) mass is 436 g/mol. The van der Waals surface area contributed by atoms with E-state index < -0.39 is 22.6 Å². The zero-order valence-electron chi connectivity index (χ0n) is 16.9. The van der Waals surface area contributed by atoms with Gasteiger partial charge in [-0.2, -0.15) is 0 Å². The largest absolute Gasteiger partial charge is 0.484 e. The fourth-order valence-electron chi connectivity index (χ4n) is 2.71. The lowest BCUT2D eigenvalue weighted by atomic mass is 10.1. The van der Waals surface area contributed by atoms with Crippen LogP contribution in [0.4, 0.5) is 5.69 Å². The third-order valence-electron chi connectivity index (χ3n) is 4.01. The Bertz CT molecular complexity index is 1040. The van der Waals surface area contributed by atoms with Crippen molar-refractivity contribution in [3.8, 4) is 11.5 Å². The first kappa shape index (κ1) is 23.0. The van der Waals surface area contributed by atoms with Gasteiger partial charge >= 0.3 is 5.97 Å². The highest BCUT2D eigenvalue weighted by atomic mass is 32.2. The van der Waals surface area contributed by atoms with Crippen LogP contribution >= 0.6 is 0 Å². The Labute approximate surface area is 175 Å². The maximum atomic E-state index is 12.9. The van der Waals surface area contributed by atoms with Crippen LogP contribution < -0.4 is 19.5 Å². The molecule has 1 amide bonds. The maximum absolute atomic E-state index is 12.9. The molecule has 0 saturated heterocycles. The molecule has 3 N–H and O–H groups in total. The van der Waals surface area contributed by atoms with Gasteiger partial charge in [0.2, 0.25) is 0 Å². The van der Waals surface area contributed by atoms with E-state index in [-0.39, 0.29) is 28.8 Å². The van der Waals surface area contributed by atoms with Crippen molar-refractivity contribution >= 4 is 27.6 Å². The van der Waals surface area contributed by atoms with Crippen LogP contribution in [-0.4, -0.2) is 45.2 Å². The number of likely N-dealkylation sites (N-methyl/N-ethyl adjacent to an activating group) is 1. The number of carbonyl (C=O) groups excluding carboxylic acids is 1. The first-order chi connectivity index (χ1) is 14.1. The Morgan fingerprint density at radius 1 is 1.07 bits per heavy atom. The number of anilines is 1. The summed E-state index contributed by atoms with van der Waals surface area (Å²) in [6.45, 7) is 4.75. The molecule has 162 valence electrons. The minimum Gasteiger partial charge on any atom is -0.484 e. The molecule has 0 aromatic heterocycles. The van der Waals surface area contributed by atoms with E-state index in [1.165, 1.54) is 12.1 Å². The van der Waals surface area contributed by atoms with Gasteiger partial charge in [-0.1, -0.05) is 12.1 Å². The van der Waals surface area contributed by atoms with Gasteiger partial charge in [-0.3, -0.25) is 9.52 Å². The molecule has 0 bridgehead atoms. The van der Waals surface area contributed by atoms with Crippen LogP contribution in [-0.2, 0) is 19.6 Å². The van der Waals surface area contributed by atoms with Gasteiger partial charge in [0.25, 0.3) is 15.9 Å². The molecular weight excluding hydrogens is 412 g/mol. The van der Waals surface area contributed by atoms with E-state index in [9.17, 15) is 18.0 Å². The van der Waals surface area contributed by atoms with Crippen molar-refractivity contribution in [2.75, 3.05) is 24.5 Å². The maximum Gasteiger partial charge on any atom is 0.341 e. The first-order valence-electron chi connectivity index (χ1n) is 9.11. The molecule has 0 fully saturated rings. The van der Waals surface area contributed by atoms with Crippen LogP contribution in [0, 0.1) is 13.8 Å². The fourth-order valence-corrected chi connectivity index (χ4v) is 4.00. The SMILES string of the molecule is CCNC(=O)COc1cccc(NS(=O)(=O)c2ccc(C)c(OCC(=O)O)c2C)c1. The van der Waals surface area contributed by atoms with E-state index in [4.69, 9.17) is 14.6 Å². The third kappa shape index (κ3) is 6.11. The zero-order valence-corrected chi connectivity index (χ0v) is 17.7. The summed E-state index contributed by atoms with van der Waals surface area (Å²) >= 11 is 0. The summed E-state index contributed by atoms with van der Waals surface area (Å²) in [5.41, 5.74) is 1.16. The van der Waals surface area contributed by atoms with E-state index in [0.717, 1.165) is 0 Å². The summed E-state index contributed by atoms with van der Waals surface area (Å²) in [6.07, 6.45) is 0. The van der Waals surface area contributed by atoms with Crippen molar-refractivity contribution in [2.24, 2.45) is 0 Å². The second kappa shape index (κ2) is 9.97. The van der Waals surface area contributed by atoms with E-state index in [0.29, 0.717) is 23.4 Å². The van der Waals surface area contributed by atoms with Crippen molar-refractivity contribution in [1.29, 1.82) is 0 Å². The summed E-state index contributed by atoms with van der Waals surface area (Å²) < 4.78 is 38.9. The Hall–Kier alpha value is -3.27. The van der Waals surface area contributed by atoms with Crippen LogP contribution in [0.25, 0.3) is 0 Å². The number of sulfonamides is 1. The average Bonchev–Trinajstić information content (AvgIpc) is 2.66. The van der Waals surface area contributed by atoms with Crippen molar-refractivity contribution in [3.63, 3.8) is 0 Å². The van der Waals surface area contributed by atoms with E-state index in [1.807, 2.05) is 0 Å². The highest BCUT2D eigenvalue weighted by Gasteiger charge is 2.21.